The van der Waals surface area contributed by atoms with Crippen molar-refractivity contribution in [2.45, 2.75) is 39.7 Å². The maximum atomic E-state index is 5.69. The molecule has 0 spiro atoms. The number of nitrogens with zero attached hydrogens (tertiary/aromatic N) is 1. The Bertz CT molecular complexity index is 143. The van der Waals surface area contributed by atoms with E-state index in [0.29, 0.717) is 12.0 Å². The van der Waals surface area contributed by atoms with Gasteiger partial charge in [-0.1, -0.05) is 13.8 Å². The van der Waals surface area contributed by atoms with Gasteiger partial charge in [0.05, 0.1) is 0 Å². The number of nitrogens with two attached hydrogens (primary N) is 1. The summed E-state index contributed by atoms with van der Waals surface area (Å²) in [7, 11) is 0. The SMILES string of the molecule is CCN(CC1CC1)C(C)C(C)CN. The molecule has 0 heterocycles. The van der Waals surface area contributed by atoms with Crippen LogP contribution in [0.5, 0.6) is 0 Å². The zero-order chi connectivity index (χ0) is 9.84. The van der Waals surface area contributed by atoms with Crippen LogP contribution in [0.1, 0.15) is 33.6 Å². The zero-order valence-corrected chi connectivity index (χ0v) is 9.29. The molecule has 0 aromatic carbocycles. The van der Waals surface area contributed by atoms with Gasteiger partial charge in [0, 0.05) is 12.6 Å². The summed E-state index contributed by atoms with van der Waals surface area (Å²) in [6.45, 7) is 10.1. The quantitative estimate of drug-likeness (QED) is 0.681. The molecule has 0 aromatic heterocycles. The van der Waals surface area contributed by atoms with Crippen LogP contribution in [-0.2, 0) is 0 Å². The lowest BCUT2D eigenvalue weighted by molar-refractivity contribution is 0.165. The van der Waals surface area contributed by atoms with Crippen LogP contribution in [0.3, 0.4) is 0 Å². The molecule has 0 amide bonds. The highest BCUT2D eigenvalue weighted by molar-refractivity contribution is 4.81. The fourth-order valence-electron chi connectivity index (χ4n) is 1.77. The van der Waals surface area contributed by atoms with Gasteiger partial charge in [-0.2, -0.15) is 0 Å². The number of rotatable bonds is 6. The molecule has 0 saturated heterocycles. The number of hydrogen-bond donors (Lipinski definition) is 1. The lowest BCUT2D eigenvalue weighted by atomic mass is 10.0. The molecule has 0 radical (unpaired) electrons. The fourth-order valence-corrected chi connectivity index (χ4v) is 1.77. The smallest absolute Gasteiger partial charge is 0.0105 e. The summed E-state index contributed by atoms with van der Waals surface area (Å²) in [5, 5.41) is 0. The van der Waals surface area contributed by atoms with Crippen LogP contribution >= 0.6 is 0 Å². The molecule has 2 heteroatoms. The van der Waals surface area contributed by atoms with Crippen molar-refractivity contribution in [3.63, 3.8) is 0 Å². The monoisotopic (exact) mass is 184 g/mol. The van der Waals surface area contributed by atoms with Crippen molar-refractivity contribution in [1.82, 2.24) is 4.90 Å². The van der Waals surface area contributed by atoms with Gasteiger partial charge in [0.15, 0.2) is 0 Å². The van der Waals surface area contributed by atoms with E-state index in [1.807, 2.05) is 0 Å². The van der Waals surface area contributed by atoms with Gasteiger partial charge in [-0.05, 0) is 44.7 Å². The zero-order valence-electron chi connectivity index (χ0n) is 9.29. The van der Waals surface area contributed by atoms with Gasteiger partial charge in [0.2, 0.25) is 0 Å². The molecule has 0 aromatic rings. The molecule has 78 valence electrons. The second kappa shape index (κ2) is 4.97. The Hall–Kier alpha value is -0.0800. The average Bonchev–Trinajstić information content (AvgIpc) is 2.95. The van der Waals surface area contributed by atoms with E-state index in [2.05, 4.69) is 25.7 Å². The average molecular weight is 184 g/mol. The van der Waals surface area contributed by atoms with Crippen LogP contribution in [0.2, 0.25) is 0 Å². The van der Waals surface area contributed by atoms with Crippen LogP contribution in [0.15, 0.2) is 0 Å². The van der Waals surface area contributed by atoms with Crippen molar-refractivity contribution in [3.8, 4) is 0 Å². The Balaban J connectivity index is 2.33. The van der Waals surface area contributed by atoms with Crippen molar-refractivity contribution in [2.24, 2.45) is 17.6 Å². The van der Waals surface area contributed by atoms with E-state index in [1.165, 1.54) is 25.9 Å². The highest BCUT2D eigenvalue weighted by Gasteiger charge is 2.27. The first-order valence-electron chi connectivity index (χ1n) is 5.63. The molecule has 1 saturated carbocycles. The van der Waals surface area contributed by atoms with E-state index in [1.54, 1.807) is 0 Å². The number of hydrogen-bond acceptors (Lipinski definition) is 2. The van der Waals surface area contributed by atoms with E-state index in [9.17, 15) is 0 Å². The lowest BCUT2D eigenvalue weighted by Gasteiger charge is -2.31. The van der Waals surface area contributed by atoms with Crippen molar-refractivity contribution in [2.75, 3.05) is 19.6 Å². The molecule has 1 aliphatic rings. The molecule has 2 nitrogen and oxygen atoms in total. The van der Waals surface area contributed by atoms with E-state index in [-0.39, 0.29) is 0 Å². The molecule has 1 aliphatic carbocycles. The first-order valence-corrected chi connectivity index (χ1v) is 5.63. The van der Waals surface area contributed by atoms with Crippen LogP contribution in [0, 0.1) is 11.8 Å². The highest BCUT2D eigenvalue weighted by Crippen LogP contribution is 2.30. The van der Waals surface area contributed by atoms with Crippen molar-refractivity contribution >= 4 is 0 Å². The maximum Gasteiger partial charge on any atom is 0.0105 e. The predicted octanol–water partition coefficient (Wildman–Crippen LogP) is 1.70. The molecule has 2 atom stereocenters. The normalized spacial score (nSPS) is 21.9. The topological polar surface area (TPSA) is 29.3 Å². The molecule has 2 unspecified atom stereocenters. The van der Waals surface area contributed by atoms with Gasteiger partial charge in [-0.15, -0.1) is 0 Å². The minimum atomic E-state index is 0.624. The Morgan fingerprint density at radius 3 is 2.38 bits per heavy atom. The highest BCUT2D eigenvalue weighted by atomic mass is 15.2. The summed E-state index contributed by atoms with van der Waals surface area (Å²) in [5.74, 6) is 1.62. The summed E-state index contributed by atoms with van der Waals surface area (Å²) in [6.07, 6.45) is 2.89. The van der Waals surface area contributed by atoms with Gasteiger partial charge in [-0.3, -0.25) is 0 Å². The molecule has 13 heavy (non-hydrogen) atoms. The molecule has 1 rings (SSSR count). The Morgan fingerprint density at radius 1 is 1.38 bits per heavy atom. The first-order chi connectivity index (χ1) is 6.19. The maximum absolute atomic E-state index is 5.69. The van der Waals surface area contributed by atoms with Gasteiger partial charge >= 0.3 is 0 Å². The Labute approximate surface area is 82.5 Å². The van der Waals surface area contributed by atoms with Crippen LogP contribution in [0.25, 0.3) is 0 Å². The van der Waals surface area contributed by atoms with E-state index < -0.39 is 0 Å². The van der Waals surface area contributed by atoms with Gasteiger partial charge < -0.3 is 10.6 Å². The lowest BCUT2D eigenvalue weighted by Crippen LogP contribution is -2.41. The Kier molecular flexibility index (Phi) is 4.20. The Morgan fingerprint density at radius 2 is 2.00 bits per heavy atom. The summed E-state index contributed by atoms with van der Waals surface area (Å²) in [4.78, 5) is 2.58. The van der Waals surface area contributed by atoms with Gasteiger partial charge in [0.25, 0.3) is 0 Å². The van der Waals surface area contributed by atoms with Gasteiger partial charge in [-0.25, -0.2) is 0 Å². The van der Waals surface area contributed by atoms with Crippen molar-refractivity contribution in [1.29, 1.82) is 0 Å². The second-order valence-electron chi connectivity index (χ2n) is 4.48. The van der Waals surface area contributed by atoms with E-state index in [0.717, 1.165) is 12.5 Å². The minimum absolute atomic E-state index is 0.624. The molecular formula is C11H24N2. The van der Waals surface area contributed by atoms with Crippen LogP contribution in [-0.4, -0.2) is 30.6 Å². The molecule has 0 aliphatic heterocycles. The molecular weight excluding hydrogens is 160 g/mol. The largest absolute Gasteiger partial charge is 0.330 e. The van der Waals surface area contributed by atoms with Crippen LogP contribution < -0.4 is 5.73 Å². The molecule has 2 N–H and O–H groups in total. The third-order valence-corrected chi connectivity index (χ3v) is 3.37. The first kappa shape index (κ1) is 11.0. The second-order valence-corrected chi connectivity index (χ2v) is 4.48. The van der Waals surface area contributed by atoms with Crippen molar-refractivity contribution < 1.29 is 0 Å². The minimum Gasteiger partial charge on any atom is -0.330 e. The summed E-state index contributed by atoms with van der Waals surface area (Å²) < 4.78 is 0. The summed E-state index contributed by atoms with van der Waals surface area (Å²) >= 11 is 0. The van der Waals surface area contributed by atoms with E-state index in [4.69, 9.17) is 5.73 Å². The molecule has 0 bridgehead atoms. The standard InChI is InChI=1S/C11H24N2/c1-4-13(8-11-5-6-11)10(3)9(2)7-12/h9-11H,4-8,12H2,1-3H3. The molecule has 1 fully saturated rings. The van der Waals surface area contributed by atoms with Gasteiger partial charge in [0.1, 0.15) is 0 Å². The third-order valence-electron chi connectivity index (χ3n) is 3.37. The van der Waals surface area contributed by atoms with Crippen LogP contribution in [0.4, 0.5) is 0 Å². The summed E-state index contributed by atoms with van der Waals surface area (Å²) in [6, 6.07) is 0.649. The predicted molar refractivity (Wildman–Crippen MR) is 57.7 cm³/mol. The van der Waals surface area contributed by atoms with E-state index >= 15 is 0 Å². The third kappa shape index (κ3) is 3.28. The fraction of sp³-hybridized carbons (Fsp3) is 1.00. The van der Waals surface area contributed by atoms with Crippen molar-refractivity contribution in [3.05, 3.63) is 0 Å². The summed E-state index contributed by atoms with van der Waals surface area (Å²) in [5.41, 5.74) is 5.69.